The molecule has 0 aliphatic carbocycles. The lowest BCUT2D eigenvalue weighted by molar-refractivity contribution is -0.167. The van der Waals surface area contributed by atoms with Gasteiger partial charge < -0.3 is 14.2 Å². The van der Waals surface area contributed by atoms with Crippen LogP contribution in [0.1, 0.15) is 245 Å². The lowest BCUT2D eigenvalue weighted by atomic mass is 10.0. The zero-order chi connectivity index (χ0) is 45.1. The van der Waals surface area contributed by atoms with Crippen molar-refractivity contribution in [2.75, 3.05) is 13.2 Å². The van der Waals surface area contributed by atoms with Crippen molar-refractivity contribution in [2.24, 2.45) is 0 Å². The summed E-state index contributed by atoms with van der Waals surface area (Å²) in [4.78, 5) is 38.0. The summed E-state index contributed by atoms with van der Waals surface area (Å²) in [5.74, 6) is -0.915. The number of allylic oxidation sites excluding steroid dienone is 12. The molecule has 0 saturated heterocycles. The molecule has 0 radical (unpaired) electrons. The molecule has 6 heteroatoms. The van der Waals surface area contributed by atoms with Gasteiger partial charge in [0.05, 0.1) is 0 Å². The van der Waals surface area contributed by atoms with Gasteiger partial charge in [0.15, 0.2) is 6.10 Å². The van der Waals surface area contributed by atoms with Gasteiger partial charge in [0.2, 0.25) is 0 Å². The van der Waals surface area contributed by atoms with Crippen LogP contribution < -0.4 is 0 Å². The molecule has 0 fully saturated rings. The van der Waals surface area contributed by atoms with E-state index in [4.69, 9.17) is 14.2 Å². The maximum Gasteiger partial charge on any atom is 0.306 e. The summed E-state index contributed by atoms with van der Waals surface area (Å²) in [5.41, 5.74) is 0. The van der Waals surface area contributed by atoms with Gasteiger partial charge in [0, 0.05) is 19.3 Å². The molecule has 0 amide bonds. The van der Waals surface area contributed by atoms with E-state index in [1.807, 2.05) is 0 Å². The molecular formula is C56H96O6. The third kappa shape index (κ3) is 47.9. The van der Waals surface area contributed by atoms with Crippen LogP contribution in [0, 0.1) is 0 Å². The lowest BCUT2D eigenvalue weighted by Gasteiger charge is -2.18. The van der Waals surface area contributed by atoms with Crippen LogP contribution in [-0.2, 0) is 28.6 Å². The molecule has 0 aromatic rings. The molecule has 0 aromatic heterocycles. The minimum absolute atomic E-state index is 0.0851. The Morgan fingerprint density at radius 3 is 1.15 bits per heavy atom. The first-order valence-corrected chi connectivity index (χ1v) is 26.0. The van der Waals surface area contributed by atoms with Crippen LogP contribution in [0.5, 0.6) is 0 Å². The predicted molar refractivity (Wildman–Crippen MR) is 265 cm³/mol. The smallest absolute Gasteiger partial charge is 0.306 e. The Morgan fingerprint density at radius 2 is 0.694 bits per heavy atom. The highest BCUT2D eigenvalue weighted by Gasteiger charge is 2.19. The molecule has 62 heavy (non-hydrogen) atoms. The molecule has 356 valence electrons. The monoisotopic (exact) mass is 865 g/mol. The Balaban J connectivity index is 4.42. The molecule has 1 atom stereocenters. The van der Waals surface area contributed by atoms with Gasteiger partial charge in [-0.05, 0) is 70.6 Å². The molecule has 0 heterocycles. The highest BCUT2D eigenvalue weighted by Crippen LogP contribution is 2.15. The summed E-state index contributed by atoms with van der Waals surface area (Å²) >= 11 is 0. The summed E-state index contributed by atoms with van der Waals surface area (Å²) in [5, 5.41) is 0. The Kier molecular flexibility index (Phi) is 47.9. The molecule has 1 unspecified atom stereocenters. The van der Waals surface area contributed by atoms with Crippen LogP contribution in [-0.4, -0.2) is 37.2 Å². The van der Waals surface area contributed by atoms with E-state index in [0.29, 0.717) is 19.3 Å². The van der Waals surface area contributed by atoms with Crippen molar-refractivity contribution in [1.82, 2.24) is 0 Å². The number of carbonyl (C=O) groups excluding carboxylic acids is 3. The molecule has 0 aliphatic rings. The van der Waals surface area contributed by atoms with Crippen LogP contribution >= 0.6 is 0 Å². The summed E-state index contributed by atoms with van der Waals surface area (Å²) in [7, 11) is 0. The Bertz CT molecular complexity index is 1180. The highest BCUT2D eigenvalue weighted by atomic mass is 16.6. The van der Waals surface area contributed by atoms with Crippen molar-refractivity contribution < 1.29 is 28.6 Å². The fourth-order valence-electron chi connectivity index (χ4n) is 7.14. The maximum absolute atomic E-state index is 12.8. The zero-order valence-corrected chi connectivity index (χ0v) is 40.6. The average molecular weight is 865 g/mol. The molecule has 0 saturated carbocycles. The first-order valence-electron chi connectivity index (χ1n) is 26.0. The number of carbonyl (C=O) groups is 3. The standard InChI is InChI=1S/C56H96O6/c1-4-7-10-13-16-19-22-25-27-28-29-30-32-34-37-40-43-46-49-55(58)61-52-53(51-60-54(57)48-45-42-39-36-33-24-21-18-15-12-9-6-3)62-56(59)50-47-44-41-38-35-31-26-23-20-17-14-11-8-5-2/h8,11,16-17,19-20,22,25,27-30,53H,4-7,9-10,12-15,18,21,23-24,26,31-52H2,1-3H3/b11-8-,19-16-,20-17-,25-22-,28-27-,30-29-. The topological polar surface area (TPSA) is 78.9 Å². The number of esters is 3. The normalized spacial score (nSPS) is 12.6. The van der Waals surface area contributed by atoms with Gasteiger partial charge in [0.1, 0.15) is 13.2 Å². The van der Waals surface area contributed by atoms with Crippen molar-refractivity contribution in [2.45, 2.75) is 252 Å². The van der Waals surface area contributed by atoms with Crippen molar-refractivity contribution in [3.05, 3.63) is 72.9 Å². The molecule has 0 rings (SSSR count). The van der Waals surface area contributed by atoms with Gasteiger partial charge in [-0.2, -0.15) is 0 Å². The van der Waals surface area contributed by atoms with Crippen LogP contribution in [0.4, 0.5) is 0 Å². The van der Waals surface area contributed by atoms with Crippen molar-refractivity contribution in [3.63, 3.8) is 0 Å². The second kappa shape index (κ2) is 50.5. The van der Waals surface area contributed by atoms with Gasteiger partial charge in [-0.15, -0.1) is 0 Å². The minimum atomic E-state index is -0.787. The van der Waals surface area contributed by atoms with Crippen molar-refractivity contribution >= 4 is 17.9 Å². The Labute approximate surface area is 382 Å². The third-order valence-corrected chi connectivity index (χ3v) is 11.0. The molecule has 6 nitrogen and oxygen atoms in total. The molecule has 0 spiro atoms. The fourth-order valence-corrected chi connectivity index (χ4v) is 7.14. The van der Waals surface area contributed by atoms with Crippen LogP contribution in [0.2, 0.25) is 0 Å². The van der Waals surface area contributed by atoms with Gasteiger partial charge in [-0.25, -0.2) is 0 Å². The average Bonchev–Trinajstić information content (AvgIpc) is 3.27. The molecule has 0 aliphatic heterocycles. The second-order valence-corrected chi connectivity index (χ2v) is 17.1. The number of unbranched alkanes of at least 4 members (excludes halogenated alkanes) is 26. The van der Waals surface area contributed by atoms with E-state index >= 15 is 0 Å². The van der Waals surface area contributed by atoms with Crippen molar-refractivity contribution in [3.8, 4) is 0 Å². The van der Waals surface area contributed by atoms with Gasteiger partial charge in [0.25, 0.3) is 0 Å². The Hall–Kier alpha value is -3.15. The summed E-state index contributed by atoms with van der Waals surface area (Å²) < 4.78 is 16.8. The fraction of sp³-hybridized carbons (Fsp3) is 0.732. The first kappa shape index (κ1) is 58.9. The predicted octanol–water partition coefficient (Wildman–Crippen LogP) is 17.0. The SMILES string of the molecule is CC/C=C\C/C=C\CCCCCCCCCC(=O)OC(COC(=O)CCCCCCC\C=C/C=C\C=C/C=C\CCCCC)COC(=O)CCCCCCCCCCCCCC. The third-order valence-electron chi connectivity index (χ3n) is 11.0. The largest absolute Gasteiger partial charge is 0.462 e. The van der Waals surface area contributed by atoms with E-state index in [-0.39, 0.29) is 31.1 Å². The van der Waals surface area contributed by atoms with Gasteiger partial charge in [-0.3, -0.25) is 14.4 Å². The van der Waals surface area contributed by atoms with Crippen LogP contribution in [0.15, 0.2) is 72.9 Å². The quantitative estimate of drug-likeness (QED) is 0.0199. The van der Waals surface area contributed by atoms with E-state index in [9.17, 15) is 14.4 Å². The summed E-state index contributed by atoms with van der Waals surface area (Å²) in [6.07, 6.45) is 63.0. The first-order chi connectivity index (χ1) is 30.5. The van der Waals surface area contributed by atoms with E-state index in [1.165, 1.54) is 103 Å². The Morgan fingerprint density at radius 1 is 0.355 bits per heavy atom. The summed E-state index contributed by atoms with van der Waals surface area (Å²) in [6.45, 7) is 6.47. The van der Waals surface area contributed by atoms with E-state index in [2.05, 4.69) is 93.7 Å². The lowest BCUT2D eigenvalue weighted by Crippen LogP contribution is -2.30. The molecule has 0 bridgehead atoms. The maximum atomic E-state index is 12.8. The zero-order valence-electron chi connectivity index (χ0n) is 40.6. The van der Waals surface area contributed by atoms with E-state index in [0.717, 1.165) is 103 Å². The number of ether oxygens (including phenoxy) is 3. The van der Waals surface area contributed by atoms with Crippen molar-refractivity contribution in [1.29, 1.82) is 0 Å². The minimum Gasteiger partial charge on any atom is -0.462 e. The number of hydrogen-bond donors (Lipinski definition) is 0. The van der Waals surface area contributed by atoms with Gasteiger partial charge >= 0.3 is 17.9 Å². The van der Waals surface area contributed by atoms with Crippen LogP contribution in [0.25, 0.3) is 0 Å². The molecule has 0 aromatic carbocycles. The second-order valence-electron chi connectivity index (χ2n) is 17.1. The van der Waals surface area contributed by atoms with E-state index < -0.39 is 6.10 Å². The summed E-state index contributed by atoms with van der Waals surface area (Å²) in [6, 6.07) is 0. The number of rotatable bonds is 46. The number of hydrogen-bond acceptors (Lipinski definition) is 6. The van der Waals surface area contributed by atoms with Crippen LogP contribution in [0.3, 0.4) is 0 Å². The van der Waals surface area contributed by atoms with Gasteiger partial charge in [-0.1, -0.05) is 229 Å². The molecule has 0 N–H and O–H groups in total. The van der Waals surface area contributed by atoms with E-state index in [1.54, 1.807) is 0 Å². The highest BCUT2D eigenvalue weighted by molar-refractivity contribution is 5.71. The molecular weight excluding hydrogens is 769 g/mol.